The van der Waals surface area contributed by atoms with Crippen molar-refractivity contribution in [1.82, 2.24) is 10.2 Å². The van der Waals surface area contributed by atoms with Gasteiger partial charge in [-0.25, -0.2) is 0 Å². The SMILES string of the molecule is CCCN1CCCCC(CNC)C1c1cc(Cl)cc(Cl)c1. The molecule has 1 aromatic rings. The van der Waals surface area contributed by atoms with E-state index in [1.54, 1.807) is 0 Å². The molecule has 1 aliphatic rings. The number of rotatable bonds is 5. The third-order valence-corrected chi connectivity index (χ3v) is 4.75. The summed E-state index contributed by atoms with van der Waals surface area (Å²) in [4.78, 5) is 2.62. The van der Waals surface area contributed by atoms with Gasteiger partial charge in [0.1, 0.15) is 0 Å². The molecule has 2 atom stereocenters. The highest BCUT2D eigenvalue weighted by atomic mass is 35.5. The van der Waals surface area contributed by atoms with E-state index in [0.717, 1.165) is 23.1 Å². The Morgan fingerprint density at radius 1 is 1.19 bits per heavy atom. The molecule has 21 heavy (non-hydrogen) atoms. The highest BCUT2D eigenvalue weighted by molar-refractivity contribution is 6.34. The summed E-state index contributed by atoms with van der Waals surface area (Å²) in [5.74, 6) is 0.610. The monoisotopic (exact) mass is 328 g/mol. The van der Waals surface area contributed by atoms with Crippen LogP contribution in [0, 0.1) is 5.92 Å². The van der Waals surface area contributed by atoms with Crippen LogP contribution in [0.4, 0.5) is 0 Å². The van der Waals surface area contributed by atoms with Crippen LogP contribution in [-0.2, 0) is 0 Å². The third-order valence-electron chi connectivity index (χ3n) is 4.31. The zero-order valence-electron chi connectivity index (χ0n) is 13.0. The molecular formula is C17H26Cl2N2. The van der Waals surface area contributed by atoms with Gasteiger partial charge in [0.2, 0.25) is 0 Å². The highest BCUT2D eigenvalue weighted by Gasteiger charge is 2.30. The molecule has 1 aliphatic heterocycles. The molecule has 2 rings (SSSR count). The predicted octanol–water partition coefficient (Wildman–Crippen LogP) is 4.77. The van der Waals surface area contributed by atoms with Gasteiger partial charge in [0.15, 0.2) is 0 Å². The van der Waals surface area contributed by atoms with Gasteiger partial charge >= 0.3 is 0 Å². The van der Waals surface area contributed by atoms with Crippen molar-refractivity contribution >= 4 is 23.2 Å². The fraction of sp³-hybridized carbons (Fsp3) is 0.647. The van der Waals surface area contributed by atoms with Gasteiger partial charge in [0, 0.05) is 16.1 Å². The molecule has 0 amide bonds. The Morgan fingerprint density at radius 3 is 2.52 bits per heavy atom. The van der Waals surface area contributed by atoms with Crippen LogP contribution in [0.2, 0.25) is 10.0 Å². The quantitative estimate of drug-likeness (QED) is 0.837. The van der Waals surface area contributed by atoms with Crippen molar-refractivity contribution < 1.29 is 0 Å². The predicted molar refractivity (Wildman–Crippen MR) is 92.3 cm³/mol. The van der Waals surface area contributed by atoms with Crippen LogP contribution >= 0.6 is 23.2 Å². The van der Waals surface area contributed by atoms with Gasteiger partial charge in [-0.2, -0.15) is 0 Å². The highest BCUT2D eigenvalue weighted by Crippen LogP contribution is 2.37. The van der Waals surface area contributed by atoms with Gasteiger partial charge in [0.05, 0.1) is 0 Å². The average molecular weight is 329 g/mol. The molecule has 1 fully saturated rings. The van der Waals surface area contributed by atoms with Crippen molar-refractivity contribution in [3.63, 3.8) is 0 Å². The van der Waals surface area contributed by atoms with E-state index >= 15 is 0 Å². The Balaban J connectivity index is 2.36. The Morgan fingerprint density at radius 2 is 1.90 bits per heavy atom. The molecular weight excluding hydrogens is 303 g/mol. The zero-order valence-corrected chi connectivity index (χ0v) is 14.6. The van der Waals surface area contributed by atoms with Crippen molar-refractivity contribution in [2.45, 2.75) is 38.6 Å². The Labute approximate surface area is 138 Å². The molecule has 0 spiro atoms. The summed E-state index contributed by atoms with van der Waals surface area (Å²) in [6, 6.07) is 6.42. The fourth-order valence-electron chi connectivity index (χ4n) is 3.56. The minimum absolute atomic E-state index is 0.413. The first-order valence-corrected chi connectivity index (χ1v) is 8.76. The number of nitrogens with zero attached hydrogens (tertiary/aromatic N) is 1. The Kier molecular flexibility index (Phi) is 6.81. The van der Waals surface area contributed by atoms with Crippen molar-refractivity contribution in [2.75, 3.05) is 26.7 Å². The lowest BCUT2D eigenvalue weighted by Crippen LogP contribution is -2.36. The lowest BCUT2D eigenvalue weighted by atomic mass is 9.89. The lowest BCUT2D eigenvalue weighted by Gasteiger charge is -2.35. The standard InChI is InChI=1S/C17H26Cl2N2/c1-3-7-21-8-5-4-6-13(12-20-2)17(21)14-9-15(18)11-16(19)10-14/h9-11,13,17,20H,3-8,12H2,1-2H3. The fourth-order valence-corrected chi connectivity index (χ4v) is 4.10. The van der Waals surface area contributed by atoms with Gasteiger partial charge in [-0.3, -0.25) is 4.90 Å². The molecule has 118 valence electrons. The molecule has 1 N–H and O–H groups in total. The number of halogens is 2. The van der Waals surface area contributed by atoms with Crippen molar-refractivity contribution in [1.29, 1.82) is 0 Å². The molecule has 0 saturated carbocycles. The summed E-state index contributed by atoms with van der Waals surface area (Å²) in [5.41, 5.74) is 1.27. The number of nitrogens with one attached hydrogen (secondary N) is 1. The molecule has 1 saturated heterocycles. The molecule has 4 heteroatoms. The number of hydrogen-bond donors (Lipinski definition) is 1. The molecule has 2 unspecified atom stereocenters. The molecule has 0 bridgehead atoms. The average Bonchev–Trinajstić information content (AvgIpc) is 2.61. The van der Waals surface area contributed by atoms with Gasteiger partial charge in [-0.1, -0.05) is 36.5 Å². The maximum Gasteiger partial charge on any atom is 0.0424 e. The largest absolute Gasteiger partial charge is 0.319 e. The molecule has 2 nitrogen and oxygen atoms in total. The topological polar surface area (TPSA) is 15.3 Å². The Hall–Kier alpha value is -0.280. The van der Waals surface area contributed by atoms with E-state index < -0.39 is 0 Å². The van der Waals surface area contributed by atoms with Crippen LogP contribution in [0.15, 0.2) is 18.2 Å². The van der Waals surface area contributed by atoms with Crippen LogP contribution < -0.4 is 5.32 Å². The van der Waals surface area contributed by atoms with Crippen LogP contribution in [0.1, 0.15) is 44.2 Å². The zero-order chi connectivity index (χ0) is 15.2. The molecule has 1 heterocycles. The van der Waals surface area contributed by atoms with E-state index in [9.17, 15) is 0 Å². The van der Waals surface area contributed by atoms with Gasteiger partial charge < -0.3 is 5.32 Å². The van der Waals surface area contributed by atoms with E-state index in [4.69, 9.17) is 23.2 Å². The van der Waals surface area contributed by atoms with Crippen LogP contribution in [-0.4, -0.2) is 31.6 Å². The maximum absolute atomic E-state index is 6.24. The third kappa shape index (κ3) is 4.59. The van der Waals surface area contributed by atoms with Crippen molar-refractivity contribution in [3.05, 3.63) is 33.8 Å². The van der Waals surface area contributed by atoms with Crippen molar-refractivity contribution in [3.8, 4) is 0 Å². The first-order chi connectivity index (χ1) is 10.2. The first kappa shape index (κ1) is 17.1. The summed E-state index contributed by atoms with van der Waals surface area (Å²) >= 11 is 12.5. The summed E-state index contributed by atoms with van der Waals surface area (Å²) in [7, 11) is 2.04. The second-order valence-electron chi connectivity index (χ2n) is 6.00. The normalized spacial score (nSPS) is 24.0. The van der Waals surface area contributed by atoms with Gasteiger partial charge in [-0.15, -0.1) is 0 Å². The molecule has 0 aliphatic carbocycles. The summed E-state index contributed by atoms with van der Waals surface area (Å²) in [6.45, 7) is 5.59. The second-order valence-corrected chi connectivity index (χ2v) is 6.87. The summed E-state index contributed by atoms with van der Waals surface area (Å²) < 4.78 is 0. The number of likely N-dealkylation sites (tertiary alicyclic amines) is 1. The lowest BCUT2D eigenvalue weighted by molar-refractivity contribution is 0.154. The smallest absolute Gasteiger partial charge is 0.0424 e. The first-order valence-electron chi connectivity index (χ1n) is 8.00. The van der Waals surface area contributed by atoms with E-state index in [1.165, 1.54) is 37.8 Å². The number of benzene rings is 1. The molecule has 1 aromatic carbocycles. The minimum atomic E-state index is 0.413. The van der Waals surface area contributed by atoms with Crippen molar-refractivity contribution in [2.24, 2.45) is 5.92 Å². The maximum atomic E-state index is 6.24. The van der Waals surface area contributed by atoms with Crippen LogP contribution in [0.25, 0.3) is 0 Å². The second kappa shape index (κ2) is 8.38. The van der Waals surface area contributed by atoms with E-state index in [1.807, 2.05) is 13.1 Å². The van der Waals surface area contributed by atoms with Gasteiger partial charge in [0.25, 0.3) is 0 Å². The Bertz CT molecular complexity index is 414. The molecule has 0 radical (unpaired) electrons. The van der Waals surface area contributed by atoms with E-state index in [0.29, 0.717) is 12.0 Å². The molecule has 0 aromatic heterocycles. The van der Waals surface area contributed by atoms with E-state index in [-0.39, 0.29) is 0 Å². The van der Waals surface area contributed by atoms with E-state index in [2.05, 4.69) is 29.3 Å². The van der Waals surface area contributed by atoms with Crippen LogP contribution in [0.5, 0.6) is 0 Å². The van der Waals surface area contributed by atoms with Crippen LogP contribution in [0.3, 0.4) is 0 Å². The number of hydrogen-bond acceptors (Lipinski definition) is 2. The summed E-state index contributed by atoms with van der Waals surface area (Å²) in [6.07, 6.45) is 5.02. The summed E-state index contributed by atoms with van der Waals surface area (Å²) in [5, 5.41) is 4.84. The minimum Gasteiger partial charge on any atom is -0.319 e. The van der Waals surface area contributed by atoms with Gasteiger partial charge in [-0.05, 0) is 75.6 Å².